The predicted octanol–water partition coefficient (Wildman–Crippen LogP) is 4.31. The highest BCUT2D eigenvalue weighted by Gasteiger charge is 2.28. The fourth-order valence-corrected chi connectivity index (χ4v) is 4.09. The number of rotatable bonds is 4. The van der Waals surface area contributed by atoms with E-state index in [1.54, 1.807) is 4.90 Å². The summed E-state index contributed by atoms with van der Waals surface area (Å²) >= 11 is 0. The van der Waals surface area contributed by atoms with Crippen molar-refractivity contribution in [3.05, 3.63) is 70.9 Å². The van der Waals surface area contributed by atoms with Crippen LogP contribution in [-0.4, -0.2) is 53.7 Å². The van der Waals surface area contributed by atoms with Crippen molar-refractivity contribution in [1.29, 1.82) is 0 Å². The van der Waals surface area contributed by atoms with Crippen LogP contribution in [0.5, 0.6) is 11.6 Å². The normalized spacial score (nSPS) is 15.6. The predicted molar refractivity (Wildman–Crippen MR) is 131 cm³/mol. The fourth-order valence-electron chi connectivity index (χ4n) is 4.09. The van der Waals surface area contributed by atoms with Crippen molar-refractivity contribution < 1.29 is 14.3 Å². The fraction of sp³-hybridized carbons (Fsp3) is 0.346. The van der Waals surface area contributed by atoms with Gasteiger partial charge in [-0.2, -0.15) is 4.98 Å². The van der Waals surface area contributed by atoms with E-state index < -0.39 is 0 Å². The quantitative estimate of drug-likeness (QED) is 0.626. The van der Waals surface area contributed by atoms with Gasteiger partial charge in [0.25, 0.3) is 0 Å². The van der Waals surface area contributed by atoms with E-state index in [0.29, 0.717) is 50.3 Å². The minimum atomic E-state index is -0.145. The second-order valence-corrected chi connectivity index (χ2v) is 8.74. The number of aromatic nitrogens is 2. The molecule has 0 saturated carbocycles. The average molecular weight is 460 g/mol. The molecule has 3 heterocycles. The maximum Gasteiger partial charge on any atom is 0.322 e. The van der Waals surface area contributed by atoms with Crippen LogP contribution in [0, 0.1) is 13.8 Å². The average Bonchev–Trinajstić information content (AvgIpc) is 2.87. The Morgan fingerprint density at radius 2 is 1.62 bits per heavy atom. The molecule has 0 atom stereocenters. The maximum absolute atomic E-state index is 13.0. The lowest BCUT2D eigenvalue weighted by molar-refractivity contribution is 0.122. The van der Waals surface area contributed by atoms with Gasteiger partial charge >= 0.3 is 6.03 Å². The van der Waals surface area contributed by atoms with E-state index in [2.05, 4.69) is 10.2 Å². The summed E-state index contributed by atoms with van der Waals surface area (Å²) in [5.74, 6) is 1.87. The number of benzene rings is 2. The van der Waals surface area contributed by atoms with Gasteiger partial charge in [-0.15, -0.1) is 0 Å². The molecule has 0 bridgehead atoms. The van der Waals surface area contributed by atoms with Crippen molar-refractivity contribution in [2.24, 2.45) is 0 Å². The molecule has 2 amide bonds. The second-order valence-electron chi connectivity index (χ2n) is 8.74. The first kappa shape index (κ1) is 22.2. The summed E-state index contributed by atoms with van der Waals surface area (Å²) in [5.41, 5.74) is 4.86. The highest BCUT2D eigenvalue weighted by Crippen LogP contribution is 2.32. The van der Waals surface area contributed by atoms with Gasteiger partial charge in [-0.05, 0) is 38.1 Å². The van der Waals surface area contributed by atoms with Crippen LogP contribution in [0.3, 0.4) is 0 Å². The van der Waals surface area contributed by atoms with E-state index in [9.17, 15) is 4.79 Å². The van der Waals surface area contributed by atoms with Gasteiger partial charge in [-0.1, -0.05) is 35.4 Å². The number of carbonyl (C=O) groups excluding carboxylic acids is 1. The highest BCUT2D eigenvalue weighted by atomic mass is 16.5. The van der Waals surface area contributed by atoms with Crippen LogP contribution in [-0.2, 0) is 17.7 Å². The van der Waals surface area contributed by atoms with Crippen LogP contribution in [0.15, 0.2) is 48.5 Å². The molecule has 0 unspecified atom stereocenters. The van der Waals surface area contributed by atoms with E-state index in [1.165, 1.54) is 0 Å². The SMILES string of the molecule is Cc1ccc(NC(=O)N2CCc3nc(N4CCOCC4)nc(Oc4ccc(C)cc4)c3C2)cc1. The van der Waals surface area contributed by atoms with Gasteiger partial charge in [0.15, 0.2) is 0 Å². The van der Waals surface area contributed by atoms with Crippen molar-refractivity contribution in [2.75, 3.05) is 43.1 Å². The Morgan fingerprint density at radius 1 is 0.941 bits per heavy atom. The Bertz CT molecular complexity index is 1160. The van der Waals surface area contributed by atoms with Crippen LogP contribution >= 0.6 is 0 Å². The zero-order valence-corrected chi connectivity index (χ0v) is 19.6. The molecule has 34 heavy (non-hydrogen) atoms. The van der Waals surface area contributed by atoms with Crippen LogP contribution in [0.25, 0.3) is 0 Å². The Hall–Kier alpha value is -3.65. The smallest absolute Gasteiger partial charge is 0.322 e. The molecular formula is C26H29N5O3. The highest BCUT2D eigenvalue weighted by molar-refractivity contribution is 5.89. The minimum absolute atomic E-state index is 0.145. The minimum Gasteiger partial charge on any atom is -0.438 e. The molecule has 2 aliphatic heterocycles. The molecule has 0 spiro atoms. The monoisotopic (exact) mass is 459 g/mol. The molecule has 1 saturated heterocycles. The van der Waals surface area contributed by atoms with Crippen LogP contribution in [0.2, 0.25) is 0 Å². The van der Waals surface area contributed by atoms with Crippen LogP contribution < -0.4 is 15.0 Å². The van der Waals surface area contributed by atoms with E-state index in [4.69, 9.17) is 19.4 Å². The zero-order chi connectivity index (χ0) is 23.5. The van der Waals surface area contributed by atoms with Gasteiger partial charge in [0, 0.05) is 31.7 Å². The van der Waals surface area contributed by atoms with Crippen molar-refractivity contribution >= 4 is 17.7 Å². The standard InChI is InChI=1S/C26H29N5O3/c1-18-3-7-20(8-4-18)27-26(32)31-12-11-23-22(17-31)24(34-21-9-5-19(2)6-10-21)29-25(28-23)30-13-15-33-16-14-30/h3-10H,11-17H2,1-2H3,(H,27,32). The topological polar surface area (TPSA) is 79.8 Å². The van der Waals surface area contributed by atoms with Crippen molar-refractivity contribution in [3.63, 3.8) is 0 Å². The lowest BCUT2D eigenvalue weighted by Gasteiger charge is -2.32. The third-order valence-corrected chi connectivity index (χ3v) is 6.13. The van der Waals surface area contributed by atoms with Crippen LogP contribution in [0.4, 0.5) is 16.4 Å². The first-order valence-corrected chi connectivity index (χ1v) is 11.6. The number of fused-ring (bicyclic) bond motifs is 1. The second kappa shape index (κ2) is 9.69. The Labute approximate surface area is 199 Å². The summed E-state index contributed by atoms with van der Waals surface area (Å²) in [5, 5.41) is 2.99. The Kier molecular flexibility index (Phi) is 6.31. The molecule has 176 valence electrons. The summed E-state index contributed by atoms with van der Waals surface area (Å²) in [4.78, 5) is 26.6. The molecular weight excluding hydrogens is 430 g/mol. The number of morpholine rings is 1. The molecule has 3 aromatic rings. The maximum atomic E-state index is 13.0. The third kappa shape index (κ3) is 4.97. The molecule has 2 aliphatic rings. The summed E-state index contributed by atoms with van der Waals surface area (Å²) in [7, 11) is 0. The number of carbonyl (C=O) groups is 1. The molecule has 8 heteroatoms. The number of nitrogens with zero attached hydrogens (tertiary/aromatic N) is 4. The molecule has 2 aromatic carbocycles. The number of nitrogens with one attached hydrogen (secondary N) is 1. The van der Waals surface area contributed by atoms with E-state index in [-0.39, 0.29) is 6.03 Å². The number of hydrogen-bond acceptors (Lipinski definition) is 6. The number of aryl methyl sites for hydroxylation is 2. The molecule has 0 radical (unpaired) electrons. The first-order valence-electron chi connectivity index (χ1n) is 11.6. The lowest BCUT2D eigenvalue weighted by atomic mass is 10.1. The summed E-state index contributed by atoms with van der Waals surface area (Å²) < 4.78 is 11.7. The number of anilines is 2. The van der Waals surface area contributed by atoms with Crippen LogP contribution in [0.1, 0.15) is 22.4 Å². The summed E-state index contributed by atoms with van der Waals surface area (Å²) in [6.45, 7) is 7.82. The Balaban J connectivity index is 1.42. The molecule has 1 fully saturated rings. The van der Waals surface area contributed by atoms with Gasteiger partial charge < -0.3 is 24.6 Å². The van der Waals surface area contributed by atoms with E-state index >= 15 is 0 Å². The van der Waals surface area contributed by atoms with Gasteiger partial charge in [-0.3, -0.25) is 0 Å². The summed E-state index contributed by atoms with van der Waals surface area (Å²) in [6.07, 6.45) is 0.640. The number of urea groups is 1. The van der Waals surface area contributed by atoms with Gasteiger partial charge in [0.2, 0.25) is 11.8 Å². The molecule has 0 aliphatic carbocycles. The number of ether oxygens (including phenoxy) is 2. The number of amides is 2. The Morgan fingerprint density at radius 3 is 2.32 bits per heavy atom. The van der Waals surface area contributed by atoms with Crippen molar-refractivity contribution in [3.8, 4) is 11.6 Å². The van der Waals surface area contributed by atoms with Crippen molar-refractivity contribution in [2.45, 2.75) is 26.8 Å². The molecule has 5 rings (SSSR count). The number of hydrogen-bond donors (Lipinski definition) is 1. The third-order valence-electron chi connectivity index (χ3n) is 6.13. The van der Waals surface area contributed by atoms with Gasteiger partial charge in [-0.25, -0.2) is 9.78 Å². The van der Waals surface area contributed by atoms with Gasteiger partial charge in [0.05, 0.1) is 31.0 Å². The first-order chi connectivity index (χ1) is 16.5. The van der Waals surface area contributed by atoms with E-state index in [0.717, 1.165) is 41.2 Å². The lowest BCUT2D eigenvalue weighted by Crippen LogP contribution is -2.41. The van der Waals surface area contributed by atoms with E-state index in [1.807, 2.05) is 62.4 Å². The molecule has 1 aromatic heterocycles. The molecule has 8 nitrogen and oxygen atoms in total. The van der Waals surface area contributed by atoms with Gasteiger partial charge in [0.1, 0.15) is 5.75 Å². The zero-order valence-electron chi connectivity index (χ0n) is 19.6. The molecule has 1 N–H and O–H groups in total. The largest absolute Gasteiger partial charge is 0.438 e. The summed E-state index contributed by atoms with van der Waals surface area (Å²) in [6, 6.07) is 15.5. The van der Waals surface area contributed by atoms with Crippen molar-refractivity contribution in [1.82, 2.24) is 14.9 Å².